The second-order valence-electron chi connectivity index (χ2n) is 7.17. The highest BCUT2D eigenvalue weighted by Gasteiger charge is 2.22. The number of ether oxygens (including phenoxy) is 2. The number of methoxy groups -OCH3 is 1. The lowest BCUT2D eigenvalue weighted by Crippen LogP contribution is -2.17. The van der Waals surface area contributed by atoms with Crippen LogP contribution in [-0.4, -0.2) is 33.5 Å². The number of hydrogen-bond acceptors (Lipinski definition) is 6. The van der Waals surface area contributed by atoms with Gasteiger partial charge in [-0.05, 0) is 57.2 Å². The molecule has 0 aliphatic rings. The number of thioether (sulfide) groups is 1. The molecule has 0 bridgehead atoms. The molecular weight excluding hydrogens is 438 g/mol. The molecule has 0 saturated carbocycles. The Balaban J connectivity index is 1.69. The van der Waals surface area contributed by atoms with E-state index in [9.17, 15) is 13.6 Å². The fraction of sp³-hybridized carbons (Fsp3) is 0.318. The molecule has 1 amide bonds. The number of amides is 1. The van der Waals surface area contributed by atoms with Crippen LogP contribution in [0.4, 0.5) is 14.5 Å². The van der Waals surface area contributed by atoms with E-state index in [0.29, 0.717) is 16.7 Å². The second-order valence-corrected chi connectivity index (χ2v) is 8.12. The maximum atomic E-state index is 13.7. The summed E-state index contributed by atoms with van der Waals surface area (Å²) in [6.07, 6.45) is -0.408. The van der Waals surface area contributed by atoms with Gasteiger partial charge in [0.15, 0.2) is 17.1 Å². The topological polar surface area (TPSA) is 78.3 Å². The summed E-state index contributed by atoms with van der Waals surface area (Å²) < 4.78 is 40.5. The van der Waals surface area contributed by atoms with Crippen LogP contribution in [-0.2, 0) is 4.79 Å². The average Bonchev–Trinajstić information content (AvgIpc) is 3.20. The van der Waals surface area contributed by atoms with Gasteiger partial charge in [-0.25, -0.2) is 8.78 Å². The fourth-order valence-electron chi connectivity index (χ4n) is 2.98. The summed E-state index contributed by atoms with van der Waals surface area (Å²) in [5.41, 5.74) is -0.467. The molecule has 0 radical (unpaired) electrons. The van der Waals surface area contributed by atoms with E-state index in [2.05, 4.69) is 15.5 Å². The van der Waals surface area contributed by atoms with Crippen LogP contribution in [0.5, 0.6) is 11.5 Å². The van der Waals surface area contributed by atoms with Crippen LogP contribution in [0.1, 0.15) is 38.7 Å². The maximum Gasteiger partial charge on any atom is 0.235 e. The minimum absolute atomic E-state index is 0.00325. The van der Waals surface area contributed by atoms with Crippen molar-refractivity contribution < 1.29 is 23.0 Å². The second kappa shape index (κ2) is 10.4. The first-order valence-electron chi connectivity index (χ1n) is 9.92. The molecule has 7 nitrogen and oxygen atoms in total. The van der Waals surface area contributed by atoms with Crippen LogP contribution in [0.25, 0.3) is 0 Å². The van der Waals surface area contributed by atoms with Gasteiger partial charge in [-0.15, -0.1) is 10.2 Å². The summed E-state index contributed by atoms with van der Waals surface area (Å²) in [7, 11) is 1.59. The van der Waals surface area contributed by atoms with E-state index in [1.54, 1.807) is 31.4 Å². The number of nitrogens with zero attached hydrogens (tertiary/aromatic N) is 3. The average molecular weight is 463 g/mol. The third kappa shape index (κ3) is 5.56. The van der Waals surface area contributed by atoms with Gasteiger partial charge in [0.2, 0.25) is 5.91 Å². The van der Waals surface area contributed by atoms with Gasteiger partial charge >= 0.3 is 0 Å². The predicted molar refractivity (Wildman–Crippen MR) is 118 cm³/mol. The van der Waals surface area contributed by atoms with Gasteiger partial charge in [-0.1, -0.05) is 17.8 Å². The van der Waals surface area contributed by atoms with Crippen molar-refractivity contribution in [1.82, 2.24) is 14.8 Å². The van der Waals surface area contributed by atoms with Crippen LogP contribution >= 0.6 is 11.8 Å². The van der Waals surface area contributed by atoms with Gasteiger partial charge in [0.25, 0.3) is 0 Å². The zero-order valence-electron chi connectivity index (χ0n) is 18.1. The normalized spacial score (nSPS) is 12.0. The molecule has 0 saturated heterocycles. The number of benzene rings is 2. The highest BCUT2D eigenvalue weighted by atomic mass is 32.2. The van der Waals surface area contributed by atoms with Gasteiger partial charge in [0.1, 0.15) is 28.8 Å². The highest BCUT2D eigenvalue weighted by molar-refractivity contribution is 7.99. The Labute approximate surface area is 189 Å². The first kappa shape index (κ1) is 23.5. The summed E-state index contributed by atoms with van der Waals surface area (Å²) >= 11 is 1.12. The van der Waals surface area contributed by atoms with Crippen molar-refractivity contribution in [2.24, 2.45) is 0 Å². The van der Waals surface area contributed by atoms with Crippen molar-refractivity contribution in [3.8, 4) is 11.5 Å². The number of nitrogens with one attached hydrogen (secondary N) is 1. The predicted octanol–water partition coefficient (Wildman–Crippen LogP) is 5.02. The molecule has 1 unspecified atom stereocenters. The molecule has 0 aliphatic carbocycles. The van der Waals surface area contributed by atoms with Crippen molar-refractivity contribution in [2.75, 3.05) is 18.2 Å². The first-order chi connectivity index (χ1) is 15.3. The molecule has 1 aromatic heterocycles. The molecule has 0 aliphatic heterocycles. The van der Waals surface area contributed by atoms with Gasteiger partial charge in [-0.2, -0.15) is 0 Å². The largest absolute Gasteiger partial charge is 0.497 e. The van der Waals surface area contributed by atoms with Gasteiger partial charge < -0.3 is 19.4 Å². The fourth-order valence-corrected chi connectivity index (χ4v) is 3.86. The zero-order chi connectivity index (χ0) is 23.3. The summed E-state index contributed by atoms with van der Waals surface area (Å²) in [5.74, 6) is -0.340. The third-order valence-corrected chi connectivity index (χ3v) is 5.45. The van der Waals surface area contributed by atoms with E-state index in [1.165, 1.54) is 6.07 Å². The lowest BCUT2D eigenvalue weighted by atomic mass is 10.3. The SMILES string of the molecule is COc1ccc(OC(C)c2nnc(SCC(=O)Nc3c(F)cccc3F)n2C(C)C)cc1. The zero-order valence-corrected chi connectivity index (χ0v) is 19.0. The van der Waals surface area contributed by atoms with Crippen molar-refractivity contribution in [2.45, 2.75) is 38.1 Å². The van der Waals surface area contributed by atoms with Crippen molar-refractivity contribution in [3.05, 3.63) is 59.9 Å². The number of anilines is 1. The molecule has 0 spiro atoms. The number of halogens is 2. The molecular formula is C22H24F2N4O3S. The van der Waals surface area contributed by atoms with E-state index < -0.39 is 29.3 Å². The number of para-hydroxylation sites is 1. The van der Waals surface area contributed by atoms with E-state index >= 15 is 0 Å². The molecule has 2 aromatic carbocycles. The Hall–Kier alpha value is -3.14. The first-order valence-corrected chi connectivity index (χ1v) is 10.9. The lowest BCUT2D eigenvalue weighted by Gasteiger charge is -2.19. The van der Waals surface area contributed by atoms with Crippen molar-refractivity contribution >= 4 is 23.4 Å². The molecule has 0 fully saturated rings. The molecule has 3 rings (SSSR count). The quantitative estimate of drug-likeness (QED) is 0.450. The van der Waals surface area contributed by atoms with E-state index in [4.69, 9.17) is 9.47 Å². The van der Waals surface area contributed by atoms with Crippen LogP contribution < -0.4 is 14.8 Å². The minimum Gasteiger partial charge on any atom is -0.497 e. The summed E-state index contributed by atoms with van der Waals surface area (Å²) in [4.78, 5) is 12.2. The molecule has 1 atom stereocenters. The molecule has 3 aromatic rings. The summed E-state index contributed by atoms with van der Waals surface area (Å²) in [6, 6.07) is 10.6. The third-order valence-electron chi connectivity index (χ3n) is 4.50. The number of carbonyl (C=O) groups is 1. The Kier molecular flexibility index (Phi) is 7.68. The van der Waals surface area contributed by atoms with Crippen molar-refractivity contribution in [1.29, 1.82) is 0 Å². The number of carbonyl (C=O) groups excluding carboxylic acids is 1. The van der Waals surface area contributed by atoms with Crippen LogP contribution in [0.2, 0.25) is 0 Å². The molecule has 1 N–H and O–H groups in total. The Morgan fingerprint density at radius 2 is 1.69 bits per heavy atom. The van der Waals surface area contributed by atoms with E-state index in [0.717, 1.165) is 29.6 Å². The minimum atomic E-state index is -0.833. The van der Waals surface area contributed by atoms with E-state index in [-0.39, 0.29) is 11.8 Å². The molecule has 10 heteroatoms. The lowest BCUT2D eigenvalue weighted by molar-refractivity contribution is -0.113. The highest BCUT2D eigenvalue weighted by Crippen LogP contribution is 2.28. The van der Waals surface area contributed by atoms with Crippen LogP contribution in [0.15, 0.2) is 47.6 Å². The number of hydrogen-bond donors (Lipinski definition) is 1. The van der Waals surface area contributed by atoms with Crippen LogP contribution in [0.3, 0.4) is 0 Å². The Morgan fingerprint density at radius 1 is 1.06 bits per heavy atom. The van der Waals surface area contributed by atoms with Gasteiger partial charge in [0, 0.05) is 6.04 Å². The molecule has 32 heavy (non-hydrogen) atoms. The molecule has 170 valence electrons. The Bertz CT molecular complexity index is 1050. The monoisotopic (exact) mass is 462 g/mol. The number of rotatable bonds is 9. The molecule has 1 heterocycles. The maximum absolute atomic E-state index is 13.7. The van der Waals surface area contributed by atoms with Crippen LogP contribution in [0, 0.1) is 11.6 Å². The number of aromatic nitrogens is 3. The summed E-state index contributed by atoms with van der Waals surface area (Å²) in [5, 5.41) is 11.2. The van der Waals surface area contributed by atoms with Crippen molar-refractivity contribution in [3.63, 3.8) is 0 Å². The smallest absolute Gasteiger partial charge is 0.235 e. The van der Waals surface area contributed by atoms with Gasteiger partial charge in [-0.3, -0.25) is 4.79 Å². The Morgan fingerprint density at radius 3 is 2.28 bits per heavy atom. The standard InChI is InChI=1S/C22H24F2N4O3S/c1-13(2)28-21(14(3)31-16-10-8-15(30-4)9-11-16)26-27-22(28)32-12-19(29)25-20-17(23)6-5-7-18(20)24/h5-11,13-14H,12H2,1-4H3,(H,25,29). The van der Waals surface area contributed by atoms with Gasteiger partial charge in [0.05, 0.1) is 12.9 Å². The summed E-state index contributed by atoms with van der Waals surface area (Å²) in [6.45, 7) is 5.78. The van der Waals surface area contributed by atoms with E-state index in [1.807, 2.05) is 25.3 Å².